The normalized spacial score (nSPS) is 11.5. The molecule has 8 N–H and O–H groups in total. The van der Waals surface area contributed by atoms with Crippen molar-refractivity contribution in [2.45, 2.75) is 9.79 Å². The first-order chi connectivity index (χ1) is 25.2. The third-order valence-electron chi connectivity index (χ3n) is 7.85. The van der Waals surface area contributed by atoms with Gasteiger partial charge in [-0.15, -0.1) is 0 Å². The lowest BCUT2D eigenvalue weighted by molar-refractivity contribution is 0.0980. The van der Waals surface area contributed by atoms with Crippen LogP contribution in [0.4, 0.5) is 22.7 Å². The minimum Gasteiger partial charge on any atom is -0.504 e. The highest BCUT2D eigenvalue weighted by Gasteiger charge is 2.32. The maximum Gasteiger partial charge on any atom is 0.265 e. The third kappa shape index (κ3) is 7.67. The standard InChI is InChI=1S/C34H28Cl2N4O12S2/c1-39(33(47)23-15-25(29(43)31(45)27(23)41)53(49,50)37-19-7-3-5-17(35)13-19)21-9-11-22(12-10-21)40(2)34(48)24-16-26(30(44)32(46)28(24)42)54(51,52)38-20-8-4-6-18(36)14-20/h3-16,37-38,41-46H,1-2H3. The number of phenolic OH excluding ortho intramolecular Hbond substituents is 6. The molecule has 0 heterocycles. The summed E-state index contributed by atoms with van der Waals surface area (Å²) in [4.78, 5) is 27.0. The molecule has 2 amide bonds. The minimum atomic E-state index is -4.65. The van der Waals surface area contributed by atoms with Gasteiger partial charge < -0.3 is 40.4 Å². The van der Waals surface area contributed by atoms with Gasteiger partial charge in [-0.2, -0.15) is 0 Å². The Hall–Kier alpha value is -6.08. The van der Waals surface area contributed by atoms with Crippen molar-refractivity contribution in [3.63, 3.8) is 0 Å². The van der Waals surface area contributed by atoms with E-state index in [0.717, 1.165) is 9.80 Å². The summed E-state index contributed by atoms with van der Waals surface area (Å²) in [5.74, 6) is -9.33. The van der Waals surface area contributed by atoms with Crippen LogP contribution in [0.2, 0.25) is 10.0 Å². The molecule has 0 aliphatic rings. The molecule has 0 aliphatic carbocycles. The van der Waals surface area contributed by atoms with Crippen LogP contribution in [-0.2, 0) is 20.0 Å². The highest BCUT2D eigenvalue weighted by molar-refractivity contribution is 7.93. The monoisotopic (exact) mass is 818 g/mol. The van der Waals surface area contributed by atoms with Gasteiger partial charge in [0.2, 0.25) is 11.5 Å². The molecular weight excluding hydrogens is 791 g/mol. The number of amides is 2. The maximum atomic E-state index is 13.5. The van der Waals surface area contributed by atoms with Gasteiger partial charge in [0.25, 0.3) is 31.9 Å². The highest BCUT2D eigenvalue weighted by Crippen LogP contribution is 2.45. The number of anilines is 4. The summed E-state index contributed by atoms with van der Waals surface area (Å²) in [6.45, 7) is 0. The molecule has 0 radical (unpaired) electrons. The summed E-state index contributed by atoms with van der Waals surface area (Å²) in [5.41, 5.74) is -1.21. The number of carbonyl (C=O) groups is 2. The molecular formula is C34H28Cl2N4O12S2. The molecule has 0 aromatic heterocycles. The summed E-state index contributed by atoms with van der Waals surface area (Å²) >= 11 is 11.8. The van der Waals surface area contributed by atoms with Crippen LogP contribution in [0.3, 0.4) is 0 Å². The van der Waals surface area contributed by atoms with Crippen LogP contribution >= 0.6 is 23.2 Å². The van der Waals surface area contributed by atoms with Crippen LogP contribution in [0.15, 0.2) is 94.7 Å². The van der Waals surface area contributed by atoms with Crippen molar-refractivity contribution in [2.75, 3.05) is 33.3 Å². The molecule has 0 fully saturated rings. The van der Waals surface area contributed by atoms with Gasteiger partial charge in [-0.25, -0.2) is 16.8 Å². The van der Waals surface area contributed by atoms with Crippen molar-refractivity contribution in [3.8, 4) is 34.5 Å². The van der Waals surface area contributed by atoms with E-state index in [1.165, 1.54) is 86.9 Å². The zero-order valence-corrected chi connectivity index (χ0v) is 30.8. The highest BCUT2D eigenvalue weighted by atomic mass is 35.5. The van der Waals surface area contributed by atoms with Gasteiger partial charge in [-0.1, -0.05) is 35.3 Å². The van der Waals surface area contributed by atoms with Crippen molar-refractivity contribution in [3.05, 3.63) is 106 Å². The fourth-order valence-electron chi connectivity index (χ4n) is 5.00. The van der Waals surface area contributed by atoms with E-state index in [2.05, 4.69) is 9.44 Å². The Bertz CT molecular complexity index is 2380. The first-order valence-electron chi connectivity index (χ1n) is 15.0. The van der Waals surface area contributed by atoms with E-state index in [9.17, 15) is 57.1 Å². The van der Waals surface area contributed by atoms with Gasteiger partial charge in [0.15, 0.2) is 23.0 Å². The van der Waals surface area contributed by atoms with Crippen LogP contribution < -0.4 is 19.2 Å². The summed E-state index contributed by atoms with van der Waals surface area (Å²) in [7, 11) is -6.83. The first-order valence-corrected chi connectivity index (χ1v) is 18.7. The molecule has 0 aliphatic heterocycles. The van der Waals surface area contributed by atoms with E-state index >= 15 is 0 Å². The number of aromatic hydroxyl groups is 6. The van der Waals surface area contributed by atoms with Crippen LogP contribution in [-0.4, -0.2) is 73.4 Å². The molecule has 5 aromatic rings. The molecule has 54 heavy (non-hydrogen) atoms. The number of carbonyl (C=O) groups excluding carboxylic acids is 2. The maximum absolute atomic E-state index is 13.5. The average molecular weight is 820 g/mol. The molecule has 0 atom stereocenters. The summed E-state index contributed by atoms with van der Waals surface area (Å²) in [6, 6.07) is 17.7. The zero-order valence-electron chi connectivity index (χ0n) is 27.7. The Kier molecular flexibility index (Phi) is 10.7. The van der Waals surface area contributed by atoms with Gasteiger partial charge in [0, 0.05) is 35.5 Å². The number of halogens is 2. The molecule has 5 rings (SSSR count). The molecule has 5 aromatic carbocycles. The third-order valence-corrected chi connectivity index (χ3v) is 11.1. The fourth-order valence-corrected chi connectivity index (χ4v) is 7.73. The fraction of sp³-hybridized carbons (Fsp3) is 0.0588. The van der Waals surface area contributed by atoms with Crippen molar-refractivity contribution in [1.29, 1.82) is 0 Å². The van der Waals surface area contributed by atoms with Crippen LogP contribution in [0.1, 0.15) is 20.7 Å². The lowest BCUT2D eigenvalue weighted by Gasteiger charge is -2.22. The van der Waals surface area contributed by atoms with Crippen molar-refractivity contribution in [2.24, 2.45) is 0 Å². The Morgan fingerprint density at radius 2 is 0.852 bits per heavy atom. The van der Waals surface area contributed by atoms with E-state index in [1.54, 1.807) is 0 Å². The largest absolute Gasteiger partial charge is 0.504 e. The number of phenols is 6. The van der Waals surface area contributed by atoms with Gasteiger partial charge >= 0.3 is 0 Å². The molecule has 0 unspecified atom stereocenters. The predicted octanol–water partition coefficient (Wildman–Crippen LogP) is 5.38. The molecule has 0 bridgehead atoms. The summed E-state index contributed by atoms with van der Waals surface area (Å²) < 4.78 is 56.9. The zero-order chi connectivity index (χ0) is 39.9. The quantitative estimate of drug-likeness (QED) is 0.0827. The SMILES string of the molecule is CN(C(=O)c1cc(S(=O)(=O)Nc2cccc(Cl)c2)c(O)c(O)c1O)c1ccc(N(C)C(=O)c2cc(S(=O)(=O)Nc3cccc(Cl)c3)c(O)c(O)c2O)cc1. The second kappa shape index (κ2) is 14.7. The summed E-state index contributed by atoms with van der Waals surface area (Å²) in [6.07, 6.45) is 0. The lowest BCUT2D eigenvalue weighted by atomic mass is 10.1. The van der Waals surface area contributed by atoms with Crippen molar-refractivity contribution < 1.29 is 57.1 Å². The Labute approximate surface area is 317 Å². The topological polar surface area (TPSA) is 254 Å². The Balaban J connectivity index is 1.41. The number of sulfonamides is 2. The van der Waals surface area contributed by atoms with Crippen LogP contribution in [0.25, 0.3) is 0 Å². The van der Waals surface area contributed by atoms with E-state index in [4.69, 9.17) is 23.2 Å². The molecule has 0 saturated carbocycles. The van der Waals surface area contributed by atoms with Crippen LogP contribution in [0, 0.1) is 0 Å². The van der Waals surface area contributed by atoms with Crippen LogP contribution in [0.5, 0.6) is 34.5 Å². The van der Waals surface area contributed by atoms with E-state index in [-0.39, 0.29) is 32.8 Å². The molecule has 282 valence electrons. The van der Waals surface area contributed by atoms with E-state index in [1.807, 2.05) is 0 Å². The molecule has 16 nitrogen and oxygen atoms in total. The predicted molar refractivity (Wildman–Crippen MR) is 199 cm³/mol. The van der Waals surface area contributed by atoms with E-state index in [0.29, 0.717) is 12.1 Å². The molecule has 0 spiro atoms. The van der Waals surface area contributed by atoms with Crippen molar-refractivity contribution >= 4 is 77.8 Å². The number of hydrogen-bond donors (Lipinski definition) is 8. The number of nitrogens with zero attached hydrogens (tertiary/aromatic N) is 2. The van der Waals surface area contributed by atoms with Gasteiger partial charge in [-0.05, 0) is 72.8 Å². The smallest absolute Gasteiger partial charge is 0.265 e. The van der Waals surface area contributed by atoms with Gasteiger partial charge in [0.1, 0.15) is 9.79 Å². The van der Waals surface area contributed by atoms with Gasteiger partial charge in [0.05, 0.1) is 22.5 Å². The number of rotatable bonds is 10. The minimum absolute atomic E-state index is 0.00304. The number of benzene rings is 5. The van der Waals surface area contributed by atoms with Gasteiger partial charge in [-0.3, -0.25) is 19.0 Å². The first kappa shape index (κ1) is 39.1. The number of hydrogen-bond acceptors (Lipinski definition) is 12. The lowest BCUT2D eigenvalue weighted by Crippen LogP contribution is -2.28. The number of nitrogens with one attached hydrogen (secondary N) is 2. The van der Waals surface area contributed by atoms with Crippen molar-refractivity contribution in [1.82, 2.24) is 0 Å². The second-order valence-electron chi connectivity index (χ2n) is 11.4. The van der Waals surface area contributed by atoms with E-state index < -0.39 is 87.3 Å². The molecule has 0 saturated heterocycles. The Morgan fingerprint density at radius 3 is 1.17 bits per heavy atom. The Morgan fingerprint density at radius 1 is 0.519 bits per heavy atom. The molecule has 20 heteroatoms. The average Bonchev–Trinajstić information content (AvgIpc) is 3.11. The second-order valence-corrected chi connectivity index (χ2v) is 15.6. The summed E-state index contributed by atoms with van der Waals surface area (Å²) in [5, 5.41) is 63.0.